The van der Waals surface area contributed by atoms with Crippen LogP contribution >= 0.6 is 0 Å². The SMILES string of the molecule is CN(C)NC1=NC(=NC(C)(C)C)[N-][N+]1(C)C. The van der Waals surface area contributed by atoms with Crippen LogP contribution in [0, 0.1) is 0 Å². The lowest BCUT2D eigenvalue weighted by Crippen LogP contribution is -2.50. The normalized spacial score (nSPS) is 22.2. The summed E-state index contributed by atoms with van der Waals surface area (Å²) in [5.41, 5.74) is 7.41. The minimum absolute atomic E-state index is 0.157. The Bertz CT molecular complexity index is 321. The van der Waals surface area contributed by atoms with Crippen LogP contribution in [0.3, 0.4) is 0 Å². The molecule has 0 fully saturated rings. The fourth-order valence-corrected chi connectivity index (χ4v) is 1.21. The number of aliphatic imine (C=N–C) groups is 2. The summed E-state index contributed by atoms with van der Waals surface area (Å²) in [6.07, 6.45) is 0. The minimum atomic E-state index is -0.157. The molecule has 6 nitrogen and oxygen atoms in total. The van der Waals surface area contributed by atoms with Crippen LogP contribution in [0.25, 0.3) is 5.43 Å². The van der Waals surface area contributed by atoms with E-state index in [0.717, 1.165) is 5.96 Å². The maximum absolute atomic E-state index is 4.45. The Kier molecular flexibility index (Phi) is 3.25. The average Bonchev–Trinajstić information content (AvgIpc) is 2.20. The second kappa shape index (κ2) is 4.03. The van der Waals surface area contributed by atoms with E-state index in [1.807, 2.05) is 54.0 Å². The van der Waals surface area contributed by atoms with Gasteiger partial charge in [0.25, 0.3) is 5.96 Å². The summed E-state index contributed by atoms with van der Waals surface area (Å²) in [5.74, 6) is 1.31. The first-order valence-corrected chi connectivity index (χ1v) is 5.30. The van der Waals surface area contributed by atoms with E-state index in [4.69, 9.17) is 0 Å². The number of nitrogens with one attached hydrogen (secondary N) is 1. The Morgan fingerprint density at radius 1 is 1.31 bits per heavy atom. The molecule has 0 saturated heterocycles. The third-order valence-corrected chi connectivity index (χ3v) is 1.82. The van der Waals surface area contributed by atoms with E-state index in [1.54, 1.807) is 0 Å². The van der Waals surface area contributed by atoms with Gasteiger partial charge in [-0.15, -0.1) is 0 Å². The molecule has 1 heterocycles. The fraction of sp³-hybridized carbons (Fsp3) is 0.800. The molecule has 0 aromatic rings. The summed E-state index contributed by atoms with van der Waals surface area (Å²) < 4.78 is 0.340. The Hall–Kier alpha value is -1.14. The van der Waals surface area contributed by atoms with Crippen LogP contribution in [0.5, 0.6) is 0 Å². The molecule has 0 aliphatic carbocycles. The summed E-state index contributed by atoms with van der Waals surface area (Å²) in [4.78, 5) is 8.84. The Balaban J connectivity index is 2.90. The van der Waals surface area contributed by atoms with Gasteiger partial charge in [0.1, 0.15) is 0 Å². The standard InChI is InChI=1S/C10H22N6/c1-10(2,3)12-8-11-9(13-15(4)5)16(6,7)14-8/h1-7H3,(H,11,12,13). The Morgan fingerprint density at radius 3 is 2.31 bits per heavy atom. The molecule has 0 bridgehead atoms. The van der Waals surface area contributed by atoms with Gasteiger partial charge in [0.2, 0.25) is 0 Å². The molecule has 6 heteroatoms. The van der Waals surface area contributed by atoms with Crippen molar-refractivity contribution in [3.63, 3.8) is 0 Å². The Labute approximate surface area is 97.6 Å². The van der Waals surface area contributed by atoms with E-state index >= 15 is 0 Å². The van der Waals surface area contributed by atoms with Crippen LogP contribution in [-0.2, 0) is 0 Å². The van der Waals surface area contributed by atoms with Crippen LogP contribution in [0.1, 0.15) is 20.8 Å². The van der Waals surface area contributed by atoms with Crippen LogP contribution in [0.4, 0.5) is 0 Å². The molecular weight excluding hydrogens is 204 g/mol. The number of rotatable bonds is 1. The first-order chi connectivity index (χ1) is 7.10. The first-order valence-electron chi connectivity index (χ1n) is 5.30. The lowest BCUT2D eigenvalue weighted by molar-refractivity contribution is -0.753. The van der Waals surface area contributed by atoms with Crippen molar-refractivity contribution in [3.05, 3.63) is 5.43 Å². The van der Waals surface area contributed by atoms with E-state index in [9.17, 15) is 0 Å². The van der Waals surface area contributed by atoms with Crippen LogP contribution in [0.2, 0.25) is 0 Å². The van der Waals surface area contributed by atoms with Gasteiger partial charge in [-0.2, -0.15) is 5.43 Å². The van der Waals surface area contributed by atoms with Gasteiger partial charge in [-0.3, -0.25) is 10.4 Å². The summed E-state index contributed by atoms with van der Waals surface area (Å²) in [7, 11) is 7.75. The molecule has 0 amide bonds. The van der Waals surface area contributed by atoms with E-state index in [2.05, 4.69) is 20.8 Å². The smallest absolute Gasteiger partial charge is 0.263 e. The van der Waals surface area contributed by atoms with Crippen molar-refractivity contribution < 1.29 is 4.59 Å². The molecule has 1 N–H and O–H groups in total. The number of hydrogen-bond donors (Lipinski definition) is 1. The van der Waals surface area contributed by atoms with Crippen molar-refractivity contribution in [3.8, 4) is 0 Å². The molecule has 0 spiro atoms. The monoisotopic (exact) mass is 226 g/mol. The molecule has 0 atom stereocenters. The quantitative estimate of drug-likeness (QED) is 0.534. The van der Waals surface area contributed by atoms with Crippen molar-refractivity contribution in [2.75, 3.05) is 28.2 Å². The van der Waals surface area contributed by atoms with Gasteiger partial charge in [-0.05, 0) is 5.54 Å². The highest BCUT2D eigenvalue weighted by molar-refractivity contribution is 6.04. The van der Waals surface area contributed by atoms with E-state index in [-0.39, 0.29) is 5.54 Å². The van der Waals surface area contributed by atoms with Gasteiger partial charge in [0, 0.05) is 14.1 Å². The van der Waals surface area contributed by atoms with E-state index in [1.165, 1.54) is 0 Å². The molecule has 0 aromatic carbocycles. The predicted octanol–water partition coefficient (Wildman–Crippen LogP) is 0.942. The summed E-state index contributed by atoms with van der Waals surface area (Å²) in [6, 6.07) is 0. The molecule has 92 valence electrons. The van der Waals surface area contributed by atoms with Gasteiger partial charge >= 0.3 is 0 Å². The average molecular weight is 226 g/mol. The minimum Gasteiger partial charge on any atom is -0.383 e. The number of nitrogens with zero attached hydrogens (tertiary/aromatic N) is 5. The molecule has 0 saturated carbocycles. The number of quaternary nitrogens is 1. The molecule has 1 rings (SSSR count). The number of guanidine groups is 2. The lowest BCUT2D eigenvalue weighted by Gasteiger charge is -2.29. The van der Waals surface area contributed by atoms with Crippen LogP contribution in [-0.4, -0.2) is 55.2 Å². The third-order valence-electron chi connectivity index (χ3n) is 1.82. The topological polar surface area (TPSA) is 54.1 Å². The molecule has 16 heavy (non-hydrogen) atoms. The van der Waals surface area contributed by atoms with Gasteiger partial charge in [0.15, 0.2) is 0 Å². The lowest BCUT2D eigenvalue weighted by atomic mass is 10.1. The molecule has 1 aliphatic heterocycles. The highest BCUT2D eigenvalue weighted by Crippen LogP contribution is 2.20. The Morgan fingerprint density at radius 2 is 1.88 bits per heavy atom. The fourth-order valence-electron chi connectivity index (χ4n) is 1.21. The zero-order valence-corrected chi connectivity index (χ0v) is 11.2. The van der Waals surface area contributed by atoms with Crippen LogP contribution < -0.4 is 5.43 Å². The van der Waals surface area contributed by atoms with Gasteiger partial charge < -0.3 is 4.99 Å². The largest absolute Gasteiger partial charge is 0.383 e. The van der Waals surface area contributed by atoms with Gasteiger partial charge in [0.05, 0.1) is 20.1 Å². The zero-order valence-electron chi connectivity index (χ0n) is 11.2. The third kappa shape index (κ3) is 3.46. The van der Waals surface area contributed by atoms with Crippen molar-refractivity contribution >= 4 is 11.9 Å². The summed E-state index contributed by atoms with van der Waals surface area (Å²) in [5, 5.41) is 1.84. The van der Waals surface area contributed by atoms with Crippen LogP contribution in [0.15, 0.2) is 9.98 Å². The number of hydrazine groups is 1. The highest BCUT2D eigenvalue weighted by Gasteiger charge is 2.28. The van der Waals surface area contributed by atoms with Gasteiger partial charge in [-0.1, -0.05) is 20.8 Å². The highest BCUT2D eigenvalue weighted by atomic mass is 15.8. The summed E-state index contributed by atoms with van der Waals surface area (Å²) >= 11 is 0. The van der Waals surface area contributed by atoms with Gasteiger partial charge in [-0.25, -0.2) is 9.60 Å². The molecule has 0 aromatic heterocycles. The van der Waals surface area contributed by atoms with Crippen molar-refractivity contribution in [1.29, 1.82) is 0 Å². The molecular formula is C10H22N6. The molecule has 1 aliphatic rings. The summed E-state index contributed by atoms with van der Waals surface area (Å²) in [6.45, 7) is 6.09. The van der Waals surface area contributed by atoms with E-state index in [0.29, 0.717) is 10.6 Å². The second-order valence-corrected chi connectivity index (χ2v) is 5.52. The first kappa shape index (κ1) is 12.9. The van der Waals surface area contributed by atoms with Crippen molar-refractivity contribution in [1.82, 2.24) is 10.4 Å². The second-order valence-electron chi connectivity index (χ2n) is 5.52. The maximum Gasteiger partial charge on any atom is 0.263 e. The van der Waals surface area contributed by atoms with Crippen molar-refractivity contribution in [2.45, 2.75) is 26.3 Å². The predicted molar refractivity (Wildman–Crippen MR) is 66.9 cm³/mol. The molecule has 0 unspecified atom stereocenters. The molecule has 0 radical (unpaired) electrons. The number of hydrogen-bond acceptors (Lipinski definition) is 3. The zero-order chi connectivity index (χ0) is 12.6. The van der Waals surface area contributed by atoms with E-state index < -0.39 is 0 Å². The van der Waals surface area contributed by atoms with Crippen molar-refractivity contribution in [2.24, 2.45) is 9.98 Å². The maximum atomic E-state index is 4.45.